The van der Waals surface area contributed by atoms with Crippen molar-refractivity contribution < 1.29 is 8.81 Å². The molecule has 0 aliphatic carbocycles. The van der Waals surface area contributed by atoms with Crippen molar-refractivity contribution in [3.05, 3.63) is 41.0 Å². The molecule has 1 unspecified atom stereocenters. The molecule has 20 heavy (non-hydrogen) atoms. The van der Waals surface area contributed by atoms with Crippen LogP contribution in [0.4, 0.5) is 10.4 Å². The molecule has 5 nitrogen and oxygen atoms in total. The highest BCUT2D eigenvalue weighted by atomic mass is 19.1. The molecule has 0 bridgehead atoms. The Hall–Kier alpha value is -1.95. The Balaban J connectivity index is 1.88. The van der Waals surface area contributed by atoms with Gasteiger partial charge in [0.25, 0.3) is 0 Å². The Kier molecular flexibility index (Phi) is 4.68. The fourth-order valence-electron chi connectivity index (χ4n) is 1.85. The Morgan fingerprint density at radius 3 is 2.85 bits per heavy atom. The highest BCUT2D eigenvalue weighted by Crippen LogP contribution is 2.14. The van der Waals surface area contributed by atoms with Crippen molar-refractivity contribution in [1.82, 2.24) is 15.5 Å². The van der Waals surface area contributed by atoms with Crippen LogP contribution in [-0.2, 0) is 6.42 Å². The van der Waals surface area contributed by atoms with Crippen LogP contribution in [0, 0.1) is 12.7 Å². The molecule has 1 atom stereocenters. The number of aryl methyl sites for hydroxylation is 1. The summed E-state index contributed by atoms with van der Waals surface area (Å²) in [5.74, 6) is 0.342. The molecule has 0 saturated carbocycles. The van der Waals surface area contributed by atoms with Crippen LogP contribution in [0.25, 0.3) is 0 Å². The average Bonchev–Trinajstić information content (AvgIpc) is 2.89. The van der Waals surface area contributed by atoms with Crippen LogP contribution in [0.1, 0.15) is 30.0 Å². The van der Waals surface area contributed by atoms with Gasteiger partial charge in [-0.3, -0.25) is 0 Å². The van der Waals surface area contributed by atoms with Gasteiger partial charge in [-0.05, 0) is 50.6 Å². The monoisotopic (exact) mass is 278 g/mol. The molecular formula is C14H19FN4O. The lowest BCUT2D eigenvalue weighted by atomic mass is 10.1. The Labute approximate surface area is 117 Å². The lowest BCUT2D eigenvalue weighted by Gasteiger charge is -2.06. The molecule has 0 aliphatic heterocycles. The van der Waals surface area contributed by atoms with Gasteiger partial charge in [0.1, 0.15) is 5.82 Å². The van der Waals surface area contributed by atoms with Crippen molar-refractivity contribution in [1.29, 1.82) is 0 Å². The zero-order chi connectivity index (χ0) is 14.5. The summed E-state index contributed by atoms with van der Waals surface area (Å²) in [6, 6.07) is 5.24. The maximum Gasteiger partial charge on any atom is 0.315 e. The first kappa shape index (κ1) is 14.5. The summed E-state index contributed by atoms with van der Waals surface area (Å²) in [7, 11) is 1.83. The fourth-order valence-corrected chi connectivity index (χ4v) is 1.85. The lowest BCUT2D eigenvalue weighted by molar-refractivity contribution is 0.441. The third-order valence-corrected chi connectivity index (χ3v) is 3.22. The van der Waals surface area contributed by atoms with Gasteiger partial charge in [0.2, 0.25) is 5.89 Å². The molecule has 0 aliphatic rings. The van der Waals surface area contributed by atoms with Gasteiger partial charge in [0.05, 0.1) is 6.04 Å². The maximum atomic E-state index is 13.0. The topological polar surface area (TPSA) is 63.0 Å². The molecule has 0 spiro atoms. The molecule has 108 valence electrons. The number of benzene rings is 1. The maximum absolute atomic E-state index is 13.0. The molecule has 2 N–H and O–H groups in total. The quantitative estimate of drug-likeness (QED) is 0.850. The Bertz CT molecular complexity index is 570. The van der Waals surface area contributed by atoms with Gasteiger partial charge in [0, 0.05) is 6.54 Å². The van der Waals surface area contributed by atoms with Crippen LogP contribution in [0.3, 0.4) is 0 Å². The first-order chi connectivity index (χ1) is 9.60. The third kappa shape index (κ3) is 3.54. The smallest absolute Gasteiger partial charge is 0.315 e. The van der Waals surface area contributed by atoms with Crippen molar-refractivity contribution in [3.63, 3.8) is 0 Å². The summed E-state index contributed by atoms with van der Waals surface area (Å²) in [5, 5.41) is 14.0. The van der Waals surface area contributed by atoms with E-state index >= 15 is 0 Å². The summed E-state index contributed by atoms with van der Waals surface area (Å²) in [5.41, 5.74) is 2.05. The largest absolute Gasteiger partial charge is 0.406 e. The zero-order valence-corrected chi connectivity index (χ0v) is 11.9. The number of rotatable bonds is 6. The molecule has 0 radical (unpaired) electrons. The van der Waals surface area contributed by atoms with E-state index in [2.05, 4.69) is 20.8 Å². The van der Waals surface area contributed by atoms with Crippen LogP contribution < -0.4 is 10.6 Å². The fraction of sp³-hybridized carbons (Fsp3) is 0.429. The molecule has 1 aromatic carbocycles. The number of nitrogens with zero attached hydrogens (tertiary/aromatic N) is 2. The van der Waals surface area contributed by atoms with E-state index < -0.39 is 0 Å². The molecule has 0 fully saturated rings. The minimum atomic E-state index is -0.207. The van der Waals surface area contributed by atoms with Crippen molar-refractivity contribution in [2.24, 2.45) is 0 Å². The molecule has 2 rings (SSSR count). The van der Waals surface area contributed by atoms with Gasteiger partial charge in [-0.25, -0.2) is 4.39 Å². The van der Waals surface area contributed by atoms with Crippen LogP contribution in [0.15, 0.2) is 22.6 Å². The Morgan fingerprint density at radius 2 is 2.15 bits per heavy atom. The van der Waals surface area contributed by atoms with Crippen LogP contribution in [0.5, 0.6) is 0 Å². The van der Waals surface area contributed by atoms with Gasteiger partial charge in [-0.15, -0.1) is 5.10 Å². The molecule has 1 aromatic heterocycles. The van der Waals surface area contributed by atoms with E-state index in [1.54, 1.807) is 6.07 Å². The number of hydrogen-bond donors (Lipinski definition) is 2. The average molecular weight is 278 g/mol. The number of nitrogens with one attached hydrogen (secondary N) is 2. The van der Waals surface area contributed by atoms with E-state index in [-0.39, 0.29) is 11.9 Å². The van der Waals surface area contributed by atoms with Crippen molar-refractivity contribution in [2.75, 3.05) is 18.9 Å². The van der Waals surface area contributed by atoms with E-state index in [1.165, 1.54) is 12.1 Å². The minimum Gasteiger partial charge on any atom is -0.406 e. The number of aromatic nitrogens is 2. The summed E-state index contributed by atoms with van der Waals surface area (Å²) in [4.78, 5) is 0. The molecular weight excluding hydrogens is 259 g/mol. The van der Waals surface area contributed by atoms with Gasteiger partial charge in [-0.1, -0.05) is 11.2 Å². The lowest BCUT2D eigenvalue weighted by Crippen LogP contribution is -2.12. The highest BCUT2D eigenvalue weighted by molar-refractivity contribution is 5.28. The summed E-state index contributed by atoms with van der Waals surface area (Å²) in [6.07, 6.45) is 0.769. The first-order valence-electron chi connectivity index (χ1n) is 6.59. The standard InChI is InChI=1S/C14H19FN4O/c1-9-8-12(15)5-4-11(9)6-7-17-14-19-18-13(20-14)10(2)16-3/h4-5,8,10,16H,6-7H2,1-3H3,(H,17,19). The second-order valence-corrected chi connectivity index (χ2v) is 4.70. The van der Waals surface area contributed by atoms with Crippen LogP contribution >= 0.6 is 0 Å². The van der Waals surface area contributed by atoms with Crippen molar-refractivity contribution >= 4 is 6.01 Å². The molecule has 0 amide bonds. The van der Waals surface area contributed by atoms with Gasteiger partial charge >= 0.3 is 6.01 Å². The van der Waals surface area contributed by atoms with E-state index in [0.29, 0.717) is 18.5 Å². The van der Waals surface area contributed by atoms with Crippen LogP contribution in [0.2, 0.25) is 0 Å². The highest BCUT2D eigenvalue weighted by Gasteiger charge is 2.11. The third-order valence-electron chi connectivity index (χ3n) is 3.22. The second kappa shape index (κ2) is 6.47. The minimum absolute atomic E-state index is 0.0254. The zero-order valence-electron chi connectivity index (χ0n) is 11.9. The Morgan fingerprint density at radius 1 is 1.35 bits per heavy atom. The molecule has 0 saturated heterocycles. The van der Waals surface area contributed by atoms with Crippen molar-refractivity contribution in [3.8, 4) is 0 Å². The first-order valence-corrected chi connectivity index (χ1v) is 6.59. The van der Waals surface area contributed by atoms with Gasteiger partial charge in [0.15, 0.2) is 0 Å². The predicted octanol–water partition coefficient (Wildman–Crippen LogP) is 2.45. The number of anilines is 1. The van der Waals surface area contributed by atoms with E-state index in [4.69, 9.17) is 4.42 Å². The van der Waals surface area contributed by atoms with Gasteiger partial charge in [-0.2, -0.15) is 0 Å². The summed E-state index contributed by atoms with van der Waals surface area (Å²) < 4.78 is 18.5. The summed E-state index contributed by atoms with van der Waals surface area (Å²) >= 11 is 0. The second-order valence-electron chi connectivity index (χ2n) is 4.70. The van der Waals surface area contributed by atoms with E-state index in [0.717, 1.165) is 17.5 Å². The van der Waals surface area contributed by atoms with Crippen molar-refractivity contribution in [2.45, 2.75) is 26.3 Å². The summed E-state index contributed by atoms with van der Waals surface area (Å²) in [6.45, 7) is 4.50. The number of hydrogen-bond acceptors (Lipinski definition) is 5. The number of halogens is 1. The molecule has 6 heteroatoms. The van der Waals surface area contributed by atoms with E-state index in [9.17, 15) is 4.39 Å². The molecule has 1 heterocycles. The SMILES string of the molecule is CNC(C)c1nnc(NCCc2ccc(F)cc2C)o1. The normalized spacial score (nSPS) is 12.4. The van der Waals surface area contributed by atoms with E-state index in [1.807, 2.05) is 20.9 Å². The molecule has 2 aromatic rings. The van der Waals surface area contributed by atoms with Gasteiger partial charge < -0.3 is 15.1 Å². The predicted molar refractivity (Wildman–Crippen MR) is 75.1 cm³/mol. The van der Waals surface area contributed by atoms with Crippen LogP contribution in [-0.4, -0.2) is 23.8 Å².